The molecule has 3 rings (SSSR count). The number of benzene rings is 1. The van der Waals surface area contributed by atoms with Crippen LogP contribution >= 0.6 is 0 Å². The Labute approximate surface area is 176 Å². The second-order valence-electron chi connectivity index (χ2n) is 7.85. The van der Waals surface area contributed by atoms with Gasteiger partial charge in [0.1, 0.15) is 5.58 Å². The lowest BCUT2D eigenvalue weighted by atomic mass is 9.97. The molecule has 0 radical (unpaired) electrons. The number of rotatable bonds is 6. The number of ether oxygens (including phenoxy) is 2. The van der Waals surface area contributed by atoms with Gasteiger partial charge < -0.3 is 18.8 Å². The van der Waals surface area contributed by atoms with Gasteiger partial charge >= 0.3 is 11.9 Å². The van der Waals surface area contributed by atoms with E-state index in [9.17, 15) is 14.4 Å². The zero-order valence-corrected chi connectivity index (χ0v) is 18.0. The number of nitrogens with zero attached hydrogens (tertiary/aromatic N) is 1. The number of carbonyl (C=O) groups excluding carboxylic acids is 3. The van der Waals surface area contributed by atoms with Crippen LogP contribution in [0.1, 0.15) is 43.4 Å². The summed E-state index contributed by atoms with van der Waals surface area (Å²) in [6, 6.07) is 3.95. The fraction of sp³-hybridized carbons (Fsp3) is 0.522. The first-order chi connectivity index (χ1) is 14.3. The van der Waals surface area contributed by atoms with Gasteiger partial charge in [-0.25, -0.2) is 0 Å². The summed E-state index contributed by atoms with van der Waals surface area (Å²) in [7, 11) is 0. The second-order valence-corrected chi connectivity index (χ2v) is 7.85. The van der Waals surface area contributed by atoms with E-state index in [0.29, 0.717) is 32.5 Å². The molecule has 0 saturated carbocycles. The Morgan fingerprint density at radius 1 is 1.17 bits per heavy atom. The summed E-state index contributed by atoms with van der Waals surface area (Å²) < 4.78 is 16.0. The predicted octanol–water partition coefficient (Wildman–Crippen LogP) is 3.33. The highest BCUT2D eigenvalue weighted by Gasteiger charge is 2.31. The summed E-state index contributed by atoms with van der Waals surface area (Å²) in [4.78, 5) is 38.5. The number of esters is 2. The van der Waals surface area contributed by atoms with E-state index >= 15 is 0 Å². The Morgan fingerprint density at radius 3 is 2.50 bits per heavy atom. The molecule has 1 aromatic carbocycles. The van der Waals surface area contributed by atoms with Gasteiger partial charge in [-0.2, -0.15) is 0 Å². The molecule has 1 saturated heterocycles. The quantitative estimate of drug-likeness (QED) is 0.673. The Bertz CT molecular complexity index is 939. The lowest BCUT2D eigenvalue weighted by Crippen LogP contribution is -2.45. The summed E-state index contributed by atoms with van der Waals surface area (Å²) in [5.41, 5.74) is 3.72. The van der Waals surface area contributed by atoms with Crippen LogP contribution in [0.4, 0.5) is 0 Å². The van der Waals surface area contributed by atoms with Crippen molar-refractivity contribution in [2.75, 3.05) is 19.7 Å². The van der Waals surface area contributed by atoms with Crippen LogP contribution in [0.3, 0.4) is 0 Å². The number of piperidine rings is 1. The third kappa shape index (κ3) is 4.83. The van der Waals surface area contributed by atoms with Crippen molar-refractivity contribution in [1.82, 2.24) is 4.90 Å². The highest BCUT2D eigenvalue weighted by Crippen LogP contribution is 2.25. The summed E-state index contributed by atoms with van der Waals surface area (Å²) in [5.74, 6) is -1.09. The maximum atomic E-state index is 12.6. The lowest BCUT2D eigenvalue weighted by Gasteiger charge is -2.32. The Morgan fingerprint density at radius 2 is 1.83 bits per heavy atom. The van der Waals surface area contributed by atoms with Crippen LogP contribution in [0.5, 0.6) is 0 Å². The van der Waals surface area contributed by atoms with E-state index in [0.717, 1.165) is 27.7 Å². The first kappa shape index (κ1) is 21.9. The molecule has 2 aromatic rings. The number of hydrogen-bond acceptors (Lipinski definition) is 6. The number of fused-ring (bicyclic) bond motifs is 1. The third-order valence-corrected chi connectivity index (χ3v) is 5.69. The molecule has 7 heteroatoms. The predicted molar refractivity (Wildman–Crippen MR) is 111 cm³/mol. The first-order valence-electron chi connectivity index (χ1n) is 10.4. The molecule has 0 bridgehead atoms. The molecule has 30 heavy (non-hydrogen) atoms. The highest BCUT2D eigenvalue weighted by atomic mass is 16.5. The van der Waals surface area contributed by atoms with Gasteiger partial charge in [0.15, 0.2) is 6.10 Å². The molecule has 1 atom stereocenters. The van der Waals surface area contributed by atoms with Gasteiger partial charge in [-0.3, -0.25) is 14.4 Å². The van der Waals surface area contributed by atoms with E-state index in [1.165, 1.54) is 0 Å². The van der Waals surface area contributed by atoms with Crippen molar-refractivity contribution in [3.05, 3.63) is 35.1 Å². The van der Waals surface area contributed by atoms with Crippen molar-refractivity contribution in [3.8, 4) is 0 Å². The standard InChI is InChI=1S/C23H29NO6/c1-5-28-23(27)17-6-8-24(9-7-17)22(26)16(4)30-21(25)12-18-13-29-20-11-15(3)14(2)10-19(18)20/h10-11,13,16-17H,5-9,12H2,1-4H3. The fourth-order valence-electron chi connectivity index (χ4n) is 3.77. The van der Waals surface area contributed by atoms with Crippen LogP contribution in [0, 0.1) is 19.8 Å². The van der Waals surface area contributed by atoms with E-state index in [2.05, 4.69) is 0 Å². The largest absolute Gasteiger partial charge is 0.466 e. The van der Waals surface area contributed by atoms with Crippen LogP contribution in [0.2, 0.25) is 0 Å². The molecule has 0 N–H and O–H groups in total. The van der Waals surface area contributed by atoms with E-state index in [4.69, 9.17) is 13.9 Å². The average molecular weight is 415 g/mol. The molecule has 7 nitrogen and oxygen atoms in total. The molecule has 1 amide bonds. The summed E-state index contributed by atoms with van der Waals surface area (Å²) in [6.45, 7) is 8.64. The van der Waals surface area contributed by atoms with Crippen molar-refractivity contribution in [3.63, 3.8) is 0 Å². The molecular formula is C23H29NO6. The third-order valence-electron chi connectivity index (χ3n) is 5.69. The van der Waals surface area contributed by atoms with Crippen LogP contribution in [-0.4, -0.2) is 48.5 Å². The maximum absolute atomic E-state index is 12.6. The van der Waals surface area contributed by atoms with Gasteiger partial charge in [0.05, 0.1) is 25.2 Å². The van der Waals surface area contributed by atoms with Gasteiger partial charge in [-0.15, -0.1) is 0 Å². The molecule has 0 aliphatic carbocycles. The van der Waals surface area contributed by atoms with E-state index in [1.54, 1.807) is 25.0 Å². The second kappa shape index (κ2) is 9.32. The number of furan rings is 1. The zero-order valence-electron chi connectivity index (χ0n) is 18.0. The topological polar surface area (TPSA) is 86.0 Å². The highest BCUT2D eigenvalue weighted by molar-refractivity contribution is 5.88. The van der Waals surface area contributed by atoms with Crippen LogP contribution in [0.15, 0.2) is 22.8 Å². The minimum absolute atomic E-state index is 0.0397. The molecule has 1 unspecified atom stereocenters. The summed E-state index contributed by atoms with van der Waals surface area (Å²) in [5, 5.41) is 0.884. The molecule has 1 aliphatic heterocycles. The van der Waals surface area contributed by atoms with Crippen LogP contribution in [-0.2, 0) is 30.3 Å². The van der Waals surface area contributed by atoms with Crippen molar-refractivity contribution in [2.24, 2.45) is 5.92 Å². The molecular weight excluding hydrogens is 386 g/mol. The summed E-state index contributed by atoms with van der Waals surface area (Å²) >= 11 is 0. The summed E-state index contributed by atoms with van der Waals surface area (Å²) in [6.07, 6.45) is 1.85. The van der Waals surface area contributed by atoms with Crippen molar-refractivity contribution in [2.45, 2.75) is 53.1 Å². The van der Waals surface area contributed by atoms with Gasteiger partial charge in [0, 0.05) is 24.0 Å². The van der Waals surface area contributed by atoms with E-state index in [1.807, 2.05) is 26.0 Å². The van der Waals surface area contributed by atoms with Crippen molar-refractivity contribution in [1.29, 1.82) is 0 Å². The number of likely N-dealkylation sites (tertiary alicyclic amines) is 1. The molecule has 1 aliphatic rings. The smallest absolute Gasteiger partial charge is 0.311 e. The molecule has 0 spiro atoms. The van der Waals surface area contributed by atoms with Gasteiger partial charge in [-0.05, 0) is 63.8 Å². The minimum Gasteiger partial charge on any atom is -0.466 e. The molecule has 1 fully saturated rings. The Hall–Kier alpha value is -2.83. The first-order valence-corrected chi connectivity index (χ1v) is 10.4. The normalized spacial score (nSPS) is 15.8. The Kier molecular flexibility index (Phi) is 6.80. The number of aryl methyl sites for hydroxylation is 2. The lowest BCUT2D eigenvalue weighted by molar-refractivity contribution is -0.160. The van der Waals surface area contributed by atoms with Crippen LogP contribution in [0.25, 0.3) is 11.0 Å². The van der Waals surface area contributed by atoms with Gasteiger partial charge in [-0.1, -0.05) is 0 Å². The fourth-order valence-corrected chi connectivity index (χ4v) is 3.77. The average Bonchev–Trinajstić information content (AvgIpc) is 3.09. The Balaban J connectivity index is 1.54. The number of amides is 1. The number of hydrogen-bond donors (Lipinski definition) is 0. The monoisotopic (exact) mass is 415 g/mol. The van der Waals surface area contributed by atoms with Crippen LogP contribution < -0.4 is 0 Å². The van der Waals surface area contributed by atoms with Gasteiger partial charge in [0.2, 0.25) is 0 Å². The van der Waals surface area contributed by atoms with Gasteiger partial charge in [0.25, 0.3) is 5.91 Å². The number of carbonyl (C=O) groups is 3. The van der Waals surface area contributed by atoms with E-state index in [-0.39, 0.29) is 24.2 Å². The molecule has 2 heterocycles. The molecule has 1 aromatic heterocycles. The van der Waals surface area contributed by atoms with Crippen molar-refractivity contribution >= 4 is 28.8 Å². The minimum atomic E-state index is -0.876. The van der Waals surface area contributed by atoms with E-state index < -0.39 is 12.1 Å². The van der Waals surface area contributed by atoms with Crippen molar-refractivity contribution < 1.29 is 28.3 Å². The molecule has 162 valence electrons. The zero-order chi connectivity index (χ0) is 21.8. The SMILES string of the molecule is CCOC(=O)C1CCN(C(=O)C(C)OC(=O)Cc2coc3cc(C)c(C)cc23)CC1. The maximum Gasteiger partial charge on any atom is 0.311 e.